The average molecular weight is 328 g/mol. The van der Waals surface area contributed by atoms with E-state index < -0.39 is 9.84 Å². The molecule has 0 aromatic carbocycles. The largest absolute Gasteiger partial charge is 0.338 e. The van der Waals surface area contributed by atoms with Gasteiger partial charge in [-0.05, 0) is 32.3 Å². The molecule has 0 aliphatic carbocycles. The van der Waals surface area contributed by atoms with Gasteiger partial charge in [0.15, 0.2) is 9.84 Å². The number of aromatic nitrogens is 2. The third-order valence-corrected chi connectivity index (χ3v) is 5.53. The molecule has 0 radical (unpaired) electrons. The van der Waals surface area contributed by atoms with Gasteiger partial charge in [0.25, 0.3) is 0 Å². The second kappa shape index (κ2) is 6.68. The molecule has 1 aliphatic rings. The summed E-state index contributed by atoms with van der Waals surface area (Å²) in [5.41, 5.74) is 2.09. The lowest BCUT2D eigenvalue weighted by Crippen LogP contribution is -2.44. The van der Waals surface area contributed by atoms with Crippen molar-refractivity contribution in [2.24, 2.45) is 5.92 Å². The van der Waals surface area contributed by atoms with Crippen LogP contribution in [0.4, 0.5) is 4.79 Å². The summed E-state index contributed by atoms with van der Waals surface area (Å²) in [5.74, 6) is 0.435. The van der Waals surface area contributed by atoms with Crippen LogP contribution in [0.2, 0.25) is 0 Å². The fourth-order valence-electron chi connectivity index (χ4n) is 2.63. The maximum Gasteiger partial charge on any atom is 0.315 e. The molecule has 0 spiro atoms. The second-order valence-electron chi connectivity index (χ2n) is 6.17. The van der Waals surface area contributed by atoms with E-state index in [1.54, 1.807) is 0 Å². The summed E-state index contributed by atoms with van der Waals surface area (Å²) >= 11 is 0. The van der Waals surface area contributed by atoms with Crippen LogP contribution in [0.5, 0.6) is 0 Å². The van der Waals surface area contributed by atoms with E-state index in [-0.39, 0.29) is 29.5 Å². The molecule has 1 aromatic rings. The minimum atomic E-state index is -2.97. The van der Waals surface area contributed by atoms with Crippen LogP contribution in [0.3, 0.4) is 0 Å². The SMILES string of the molecule is Cc1cc(C)n(C[C@@H](C)CNC(=O)N[C@H]2CCS(=O)(=O)C2)n1. The zero-order chi connectivity index (χ0) is 16.3. The number of urea groups is 1. The molecule has 1 fully saturated rings. The normalized spacial score (nSPS) is 21.5. The minimum Gasteiger partial charge on any atom is -0.338 e. The first-order valence-corrected chi connectivity index (χ1v) is 9.33. The van der Waals surface area contributed by atoms with Crippen molar-refractivity contribution in [3.8, 4) is 0 Å². The molecule has 7 nitrogen and oxygen atoms in total. The molecule has 0 saturated carbocycles. The van der Waals surface area contributed by atoms with Crippen molar-refractivity contribution < 1.29 is 13.2 Å². The summed E-state index contributed by atoms with van der Waals surface area (Å²) in [4.78, 5) is 11.8. The molecule has 2 heterocycles. The van der Waals surface area contributed by atoms with E-state index in [1.165, 1.54) is 0 Å². The van der Waals surface area contributed by atoms with E-state index in [4.69, 9.17) is 0 Å². The molecule has 0 bridgehead atoms. The van der Waals surface area contributed by atoms with Gasteiger partial charge in [0.1, 0.15) is 0 Å². The lowest BCUT2D eigenvalue weighted by atomic mass is 10.2. The molecule has 2 atom stereocenters. The third kappa shape index (κ3) is 4.72. The average Bonchev–Trinajstić information content (AvgIpc) is 2.89. The molecule has 1 aromatic heterocycles. The quantitative estimate of drug-likeness (QED) is 0.829. The Morgan fingerprint density at radius 2 is 2.23 bits per heavy atom. The Hall–Kier alpha value is -1.57. The van der Waals surface area contributed by atoms with E-state index in [9.17, 15) is 13.2 Å². The molecule has 22 heavy (non-hydrogen) atoms. The summed E-state index contributed by atoms with van der Waals surface area (Å²) in [6.45, 7) is 7.25. The first kappa shape index (κ1) is 16.8. The van der Waals surface area contributed by atoms with Crippen LogP contribution >= 0.6 is 0 Å². The number of sulfone groups is 1. The molecule has 124 valence electrons. The molecular weight excluding hydrogens is 304 g/mol. The van der Waals surface area contributed by atoms with Gasteiger partial charge in [0, 0.05) is 24.8 Å². The summed E-state index contributed by atoms with van der Waals surface area (Å²) in [7, 11) is -2.97. The zero-order valence-electron chi connectivity index (χ0n) is 13.3. The molecule has 1 aliphatic heterocycles. The van der Waals surface area contributed by atoms with E-state index in [1.807, 2.05) is 31.5 Å². The molecule has 2 N–H and O–H groups in total. The highest BCUT2D eigenvalue weighted by Gasteiger charge is 2.28. The Bertz CT molecular complexity index is 639. The van der Waals surface area contributed by atoms with Gasteiger partial charge in [-0.3, -0.25) is 4.68 Å². The predicted octanol–water partition coefficient (Wildman–Crippen LogP) is 0.622. The molecule has 0 unspecified atom stereocenters. The van der Waals surface area contributed by atoms with Gasteiger partial charge in [0.05, 0.1) is 17.2 Å². The third-order valence-electron chi connectivity index (χ3n) is 3.77. The molecule has 2 rings (SSSR count). The highest BCUT2D eigenvalue weighted by Crippen LogP contribution is 2.11. The Kier molecular flexibility index (Phi) is 5.10. The number of nitrogens with zero attached hydrogens (tertiary/aromatic N) is 2. The van der Waals surface area contributed by atoms with Crippen molar-refractivity contribution in [3.05, 3.63) is 17.5 Å². The number of carbonyl (C=O) groups excluding carboxylic acids is 1. The highest BCUT2D eigenvalue weighted by atomic mass is 32.2. The number of hydrogen-bond donors (Lipinski definition) is 2. The number of nitrogens with one attached hydrogen (secondary N) is 2. The lowest BCUT2D eigenvalue weighted by molar-refractivity contribution is 0.235. The van der Waals surface area contributed by atoms with E-state index >= 15 is 0 Å². The van der Waals surface area contributed by atoms with Crippen molar-refractivity contribution >= 4 is 15.9 Å². The van der Waals surface area contributed by atoms with E-state index in [0.29, 0.717) is 13.0 Å². The van der Waals surface area contributed by atoms with Crippen molar-refractivity contribution in [1.82, 2.24) is 20.4 Å². The van der Waals surface area contributed by atoms with Crippen molar-refractivity contribution in [3.63, 3.8) is 0 Å². The molecule has 8 heteroatoms. The zero-order valence-corrected chi connectivity index (χ0v) is 14.1. The Morgan fingerprint density at radius 3 is 2.77 bits per heavy atom. The maximum atomic E-state index is 11.8. The van der Waals surface area contributed by atoms with Crippen LogP contribution in [0.1, 0.15) is 24.7 Å². The number of amides is 2. The van der Waals surface area contributed by atoms with Crippen LogP contribution in [-0.2, 0) is 16.4 Å². The van der Waals surface area contributed by atoms with Crippen LogP contribution in [0.25, 0.3) is 0 Å². The van der Waals surface area contributed by atoms with Crippen molar-refractivity contribution in [1.29, 1.82) is 0 Å². The topological polar surface area (TPSA) is 93.1 Å². The monoisotopic (exact) mass is 328 g/mol. The van der Waals surface area contributed by atoms with Gasteiger partial charge >= 0.3 is 6.03 Å². The molecule has 1 saturated heterocycles. The molecular formula is C14H24N4O3S. The van der Waals surface area contributed by atoms with Crippen LogP contribution in [-0.4, -0.2) is 48.3 Å². The smallest absolute Gasteiger partial charge is 0.315 e. The first-order valence-electron chi connectivity index (χ1n) is 7.51. The van der Waals surface area contributed by atoms with Crippen molar-refractivity contribution in [2.75, 3.05) is 18.1 Å². The predicted molar refractivity (Wildman–Crippen MR) is 84.5 cm³/mol. The maximum absolute atomic E-state index is 11.8. The van der Waals surface area contributed by atoms with E-state index in [0.717, 1.165) is 17.9 Å². The Labute approximate surface area is 131 Å². The Morgan fingerprint density at radius 1 is 1.50 bits per heavy atom. The number of rotatable bonds is 5. The van der Waals surface area contributed by atoms with Crippen LogP contribution in [0, 0.1) is 19.8 Å². The van der Waals surface area contributed by atoms with Crippen LogP contribution < -0.4 is 10.6 Å². The van der Waals surface area contributed by atoms with Crippen LogP contribution in [0.15, 0.2) is 6.07 Å². The van der Waals surface area contributed by atoms with Gasteiger partial charge in [-0.2, -0.15) is 5.10 Å². The Balaban J connectivity index is 1.73. The minimum absolute atomic E-state index is 0.0434. The van der Waals surface area contributed by atoms with Gasteiger partial charge in [-0.25, -0.2) is 13.2 Å². The lowest BCUT2D eigenvalue weighted by Gasteiger charge is -2.16. The number of hydrogen-bond acceptors (Lipinski definition) is 4. The summed E-state index contributed by atoms with van der Waals surface area (Å²) in [5, 5.41) is 9.91. The van der Waals surface area contributed by atoms with E-state index in [2.05, 4.69) is 15.7 Å². The van der Waals surface area contributed by atoms with Gasteiger partial charge in [0.2, 0.25) is 0 Å². The number of aryl methyl sites for hydroxylation is 2. The van der Waals surface area contributed by atoms with Gasteiger partial charge in [-0.15, -0.1) is 0 Å². The van der Waals surface area contributed by atoms with Gasteiger partial charge in [-0.1, -0.05) is 6.92 Å². The van der Waals surface area contributed by atoms with Crippen molar-refractivity contribution in [2.45, 2.75) is 39.8 Å². The molecule has 2 amide bonds. The highest BCUT2D eigenvalue weighted by molar-refractivity contribution is 7.91. The fourth-order valence-corrected chi connectivity index (χ4v) is 4.31. The standard InChI is InChI=1S/C14H24N4O3S/c1-10(8-18-12(3)6-11(2)17-18)7-15-14(19)16-13-4-5-22(20,21)9-13/h6,10,13H,4-5,7-9H2,1-3H3,(H2,15,16,19)/t10-,13-/m0/s1. The summed E-state index contributed by atoms with van der Waals surface area (Å²) < 4.78 is 24.6. The first-order chi connectivity index (χ1) is 10.2. The summed E-state index contributed by atoms with van der Waals surface area (Å²) in [6, 6.07) is 1.45. The number of carbonyl (C=O) groups is 1. The fraction of sp³-hybridized carbons (Fsp3) is 0.714. The van der Waals surface area contributed by atoms with Gasteiger partial charge < -0.3 is 10.6 Å². The summed E-state index contributed by atoms with van der Waals surface area (Å²) in [6.07, 6.45) is 0.497. The second-order valence-corrected chi connectivity index (χ2v) is 8.40.